The normalized spacial score (nSPS) is 12.8. The molecule has 106 valence electrons. The smallest absolute Gasteiger partial charge is 0.238 e. The molecule has 0 aliphatic heterocycles. The van der Waals surface area contributed by atoms with Gasteiger partial charge in [0.05, 0.1) is 7.11 Å². The largest absolute Gasteiger partial charge is 0.495 e. The number of hydrogen-bond donors (Lipinski definition) is 2. The predicted octanol–water partition coefficient (Wildman–Crippen LogP) is 0.576. The molecule has 0 bridgehead atoms. The van der Waals surface area contributed by atoms with Crippen LogP contribution >= 0.6 is 0 Å². The summed E-state index contributed by atoms with van der Waals surface area (Å²) >= 11 is 0. The van der Waals surface area contributed by atoms with Gasteiger partial charge in [-0.25, -0.2) is 8.42 Å². The first-order chi connectivity index (χ1) is 8.84. The lowest BCUT2D eigenvalue weighted by atomic mass is 10.3. The van der Waals surface area contributed by atoms with Crippen LogP contribution in [0.3, 0.4) is 0 Å². The highest BCUT2D eigenvalue weighted by Crippen LogP contribution is 2.29. The standard InChI is InChI=1S/C12H18N2O4S/c1-4-14-12(15)8(2)19(16,17)11-6-5-9(13)7-10(11)18-3/h5-8H,4,13H2,1-3H3,(H,14,15). The Hall–Kier alpha value is -1.76. The van der Waals surface area contributed by atoms with E-state index in [0.29, 0.717) is 12.2 Å². The number of nitrogen functional groups attached to an aromatic ring is 1. The van der Waals surface area contributed by atoms with Gasteiger partial charge in [-0.3, -0.25) is 4.79 Å². The molecule has 1 unspecified atom stereocenters. The van der Waals surface area contributed by atoms with Crippen LogP contribution in [-0.4, -0.2) is 33.2 Å². The number of nitrogens with two attached hydrogens (primary N) is 1. The minimum atomic E-state index is -3.81. The highest BCUT2D eigenvalue weighted by atomic mass is 32.2. The van der Waals surface area contributed by atoms with E-state index in [4.69, 9.17) is 10.5 Å². The van der Waals surface area contributed by atoms with Crippen molar-refractivity contribution in [3.05, 3.63) is 18.2 Å². The SMILES string of the molecule is CCNC(=O)C(C)S(=O)(=O)c1ccc(N)cc1OC. The van der Waals surface area contributed by atoms with Crippen molar-refractivity contribution >= 4 is 21.4 Å². The molecule has 0 saturated carbocycles. The van der Waals surface area contributed by atoms with Crippen molar-refractivity contribution in [2.45, 2.75) is 24.0 Å². The number of sulfone groups is 1. The van der Waals surface area contributed by atoms with Crippen LogP contribution in [0.5, 0.6) is 5.75 Å². The Morgan fingerprint density at radius 1 is 1.47 bits per heavy atom. The summed E-state index contributed by atoms with van der Waals surface area (Å²) in [4.78, 5) is 11.6. The maximum Gasteiger partial charge on any atom is 0.238 e. The van der Waals surface area contributed by atoms with Gasteiger partial charge in [-0.05, 0) is 26.0 Å². The lowest BCUT2D eigenvalue weighted by Gasteiger charge is -2.15. The second-order valence-electron chi connectivity index (χ2n) is 3.99. The van der Waals surface area contributed by atoms with Gasteiger partial charge in [-0.15, -0.1) is 0 Å². The third-order valence-electron chi connectivity index (χ3n) is 2.68. The highest BCUT2D eigenvalue weighted by Gasteiger charge is 2.31. The van der Waals surface area contributed by atoms with Gasteiger partial charge < -0.3 is 15.8 Å². The van der Waals surface area contributed by atoms with Crippen LogP contribution in [0.4, 0.5) is 5.69 Å². The first-order valence-electron chi connectivity index (χ1n) is 5.79. The van der Waals surface area contributed by atoms with Gasteiger partial charge in [-0.1, -0.05) is 0 Å². The summed E-state index contributed by atoms with van der Waals surface area (Å²) in [5, 5.41) is 1.30. The monoisotopic (exact) mass is 286 g/mol. The van der Waals surface area contributed by atoms with Crippen LogP contribution in [0.25, 0.3) is 0 Å². The summed E-state index contributed by atoms with van der Waals surface area (Å²) in [7, 11) is -2.46. The van der Waals surface area contributed by atoms with Crippen molar-refractivity contribution in [2.75, 3.05) is 19.4 Å². The fourth-order valence-electron chi connectivity index (χ4n) is 1.57. The Bertz CT molecular complexity index is 569. The van der Waals surface area contributed by atoms with Gasteiger partial charge in [0, 0.05) is 18.3 Å². The third kappa shape index (κ3) is 3.17. The Morgan fingerprint density at radius 2 is 2.11 bits per heavy atom. The van der Waals surface area contributed by atoms with Gasteiger partial charge >= 0.3 is 0 Å². The predicted molar refractivity (Wildman–Crippen MR) is 72.7 cm³/mol. The summed E-state index contributed by atoms with van der Waals surface area (Å²) in [6.45, 7) is 3.44. The second-order valence-corrected chi connectivity index (χ2v) is 6.23. The highest BCUT2D eigenvalue weighted by molar-refractivity contribution is 7.92. The minimum Gasteiger partial charge on any atom is -0.495 e. The maximum absolute atomic E-state index is 12.4. The lowest BCUT2D eigenvalue weighted by molar-refractivity contribution is -0.120. The molecule has 0 aromatic heterocycles. The lowest BCUT2D eigenvalue weighted by Crippen LogP contribution is -2.37. The van der Waals surface area contributed by atoms with Crippen molar-refractivity contribution < 1.29 is 17.9 Å². The molecule has 0 aliphatic rings. The third-order valence-corrected chi connectivity index (χ3v) is 4.78. The summed E-state index contributed by atoms with van der Waals surface area (Å²) < 4.78 is 29.7. The molecule has 3 N–H and O–H groups in total. The Balaban J connectivity index is 3.24. The fraction of sp³-hybridized carbons (Fsp3) is 0.417. The van der Waals surface area contributed by atoms with Crippen LogP contribution in [0, 0.1) is 0 Å². The Labute approximate surface area is 112 Å². The molecule has 1 aromatic rings. The summed E-state index contributed by atoms with van der Waals surface area (Å²) in [5.74, 6) is -0.405. The average Bonchev–Trinajstić information content (AvgIpc) is 2.37. The first-order valence-corrected chi connectivity index (χ1v) is 7.34. The maximum atomic E-state index is 12.4. The molecule has 0 radical (unpaired) electrons. The van der Waals surface area contributed by atoms with Gasteiger partial charge in [0.2, 0.25) is 5.91 Å². The molecule has 1 aromatic carbocycles. The number of amides is 1. The average molecular weight is 286 g/mol. The topological polar surface area (TPSA) is 98.5 Å². The molecule has 1 rings (SSSR count). The van der Waals surface area contributed by atoms with Crippen LogP contribution in [0.15, 0.2) is 23.1 Å². The number of methoxy groups -OCH3 is 1. The number of nitrogens with one attached hydrogen (secondary N) is 1. The van der Waals surface area contributed by atoms with Crippen molar-refractivity contribution in [1.82, 2.24) is 5.32 Å². The van der Waals surface area contributed by atoms with E-state index in [9.17, 15) is 13.2 Å². The Kier molecular flexibility index (Phi) is 4.77. The van der Waals surface area contributed by atoms with Crippen molar-refractivity contribution in [3.63, 3.8) is 0 Å². The van der Waals surface area contributed by atoms with Crippen LogP contribution < -0.4 is 15.8 Å². The fourth-order valence-corrected chi connectivity index (χ4v) is 3.00. The molecule has 1 amide bonds. The molecule has 1 atom stereocenters. The quantitative estimate of drug-likeness (QED) is 0.771. The first kappa shape index (κ1) is 15.3. The zero-order valence-electron chi connectivity index (χ0n) is 11.1. The van der Waals surface area contributed by atoms with Gasteiger partial charge in [0.1, 0.15) is 15.9 Å². The molecule has 0 spiro atoms. The van der Waals surface area contributed by atoms with Crippen LogP contribution in [0.1, 0.15) is 13.8 Å². The van der Waals surface area contributed by atoms with E-state index in [2.05, 4.69) is 5.32 Å². The van der Waals surface area contributed by atoms with Gasteiger partial charge in [0.15, 0.2) is 9.84 Å². The van der Waals surface area contributed by atoms with E-state index < -0.39 is 21.0 Å². The van der Waals surface area contributed by atoms with E-state index >= 15 is 0 Å². The van der Waals surface area contributed by atoms with Crippen LogP contribution in [-0.2, 0) is 14.6 Å². The molecule has 7 heteroatoms. The summed E-state index contributed by atoms with van der Waals surface area (Å²) in [5.41, 5.74) is 5.97. The summed E-state index contributed by atoms with van der Waals surface area (Å²) in [6, 6.07) is 4.22. The molecular formula is C12H18N2O4S. The van der Waals surface area contributed by atoms with Gasteiger partial charge in [0.25, 0.3) is 0 Å². The number of ether oxygens (including phenoxy) is 1. The van der Waals surface area contributed by atoms with Gasteiger partial charge in [-0.2, -0.15) is 0 Å². The van der Waals surface area contributed by atoms with E-state index in [1.54, 1.807) is 6.92 Å². The molecule has 0 saturated heterocycles. The minimum absolute atomic E-state index is 0.0389. The number of hydrogen-bond acceptors (Lipinski definition) is 5. The number of benzene rings is 1. The zero-order valence-corrected chi connectivity index (χ0v) is 12.0. The molecule has 0 aliphatic carbocycles. The molecule has 19 heavy (non-hydrogen) atoms. The summed E-state index contributed by atoms with van der Waals surface area (Å²) in [6.07, 6.45) is 0. The Morgan fingerprint density at radius 3 is 2.63 bits per heavy atom. The van der Waals surface area contributed by atoms with Crippen molar-refractivity contribution in [2.24, 2.45) is 0 Å². The number of carbonyl (C=O) groups excluding carboxylic acids is 1. The number of rotatable bonds is 5. The van der Waals surface area contributed by atoms with Crippen LogP contribution in [0.2, 0.25) is 0 Å². The van der Waals surface area contributed by atoms with Crippen molar-refractivity contribution in [3.8, 4) is 5.75 Å². The van der Waals surface area contributed by atoms with E-state index in [1.165, 1.54) is 32.2 Å². The molecular weight excluding hydrogens is 268 g/mol. The number of carbonyl (C=O) groups is 1. The zero-order chi connectivity index (χ0) is 14.6. The molecule has 6 nitrogen and oxygen atoms in total. The molecule has 0 heterocycles. The molecule has 0 fully saturated rings. The van der Waals surface area contributed by atoms with E-state index in [0.717, 1.165) is 0 Å². The second kappa shape index (κ2) is 5.92. The van der Waals surface area contributed by atoms with E-state index in [-0.39, 0.29) is 10.6 Å². The van der Waals surface area contributed by atoms with Crippen molar-refractivity contribution in [1.29, 1.82) is 0 Å². The van der Waals surface area contributed by atoms with E-state index in [1.807, 2.05) is 0 Å². The number of anilines is 1.